The van der Waals surface area contributed by atoms with Gasteiger partial charge in [0.25, 0.3) is 0 Å². The number of carbonyl (C=O) groups excluding carboxylic acids is 1. The van der Waals surface area contributed by atoms with E-state index in [1.165, 1.54) is 44.5 Å². The van der Waals surface area contributed by atoms with E-state index in [-0.39, 0.29) is 11.9 Å². The molecule has 2 heterocycles. The molecule has 7 heteroatoms. The number of methoxy groups -OCH3 is 1. The van der Waals surface area contributed by atoms with Crippen molar-refractivity contribution in [2.75, 3.05) is 12.4 Å². The van der Waals surface area contributed by atoms with Crippen LogP contribution in [0.15, 0.2) is 36.7 Å². The van der Waals surface area contributed by atoms with E-state index in [0.717, 1.165) is 5.52 Å². The molecule has 1 aliphatic carbocycles. The van der Waals surface area contributed by atoms with Crippen molar-refractivity contribution in [2.24, 2.45) is 5.92 Å². The first-order chi connectivity index (χ1) is 12.6. The molecule has 0 bridgehead atoms. The van der Waals surface area contributed by atoms with Crippen molar-refractivity contribution in [3.63, 3.8) is 0 Å². The van der Waals surface area contributed by atoms with Crippen LogP contribution in [0.5, 0.6) is 0 Å². The number of aromatic nitrogens is 3. The highest BCUT2D eigenvalue weighted by molar-refractivity contribution is 5.98. The van der Waals surface area contributed by atoms with Gasteiger partial charge in [0.15, 0.2) is 5.82 Å². The van der Waals surface area contributed by atoms with Gasteiger partial charge in [-0.15, -0.1) is 0 Å². The quantitative estimate of drug-likeness (QED) is 0.700. The van der Waals surface area contributed by atoms with Crippen molar-refractivity contribution in [3.05, 3.63) is 48.0 Å². The Balaban J connectivity index is 1.80. The Kier molecular flexibility index (Phi) is 4.06. The van der Waals surface area contributed by atoms with E-state index in [1.54, 1.807) is 12.1 Å². The molecule has 134 valence electrons. The maximum absolute atomic E-state index is 13.8. The molecule has 0 aliphatic heterocycles. The number of benzene rings is 1. The van der Waals surface area contributed by atoms with E-state index >= 15 is 0 Å². The molecule has 1 saturated carbocycles. The number of rotatable bonds is 5. The summed E-state index contributed by atoms with van der Waals surface area (Å²) in [5.41, 5.74) is 1.67. The van der Waals surface area contributed by atoms with E-state index in [4.69, 9.17) is 4.74 Å². The fraction of sp³-hybridized carbons (Fsp3) is 0.316. The summed E-state index contributed by atoms with van der Waals surface area (Å²) in [5.74, 6) is 0.278. The average Bonchev–Trinajstić information content (AvgIpc) is 3.45. The zero-order valence-corrected chi connectivity index (χ0v) is 14.6. The predicted octanol–water partition coefficient (Wildman–Crippen LogP) is 4.07. The van der Waals surface area contributed by atoms with Gasteiger partial charge in [-0.1, -0.05) is 0 Å². The summed E-state index contributed by atoms with van der Waals surface area (Å²) in [6.07, 6.45) is 5.41. The third-order valence-electron chi connectivity index (χ3n) is 4.84. The van der Waals surface area contributed by atoms with E-state index < -0.39 is 5.97 Å². The Morgan fingerprint density at radius 2 is 2.19 bits per heavy atom. The molecule has 3 aromatic rings. The van der Waals surface area contributed by atoms with Crippen LogP contribution in [0.1, 0.15) is 36.2 Å². The van der Waals surface area contributed by atoms with Gasteiger partial charge < -0.3 is 10.1 Å². The van der Waals surface area contributed by atoms with Crippen LogP contribution in [-0.2, 0) is 4.74 Å². The number of ether oxygens (including phenoxy) is 1. The number of esters is 1. The van der Waals surface area contributed by atoms with Crippen molar-refractivity contribution in [2.45, 2.75) is 25.8 Å². The SMILES string of the molecule is COC(=O)c1ccncc1Nc1nn(C(C)C2CC2)c2ccc(F)cc12. The first-order valence-electron chi connectivity index (χ1n) is 8.55. The van der Waals surface area contributed by atoms with Crippen LogP contribution in [0.4, 0.5) is 15.9 Å². The van der Waals surface area contributed by atoms with Crippen molar-refractivity contribution >= 4 is 28.4 Å². The van der Waals surface area contributed by atoms with Gasteiger partial charge in [-0.05, 0) is 49.9 Å². The first kappa shape index (κ1) is 16.5. The van der Waals surface area contributed by atoms with Crippen LogP contribution in [0.3, 0.4) is 0 Å². The lowest BCUT2D eigenvalue weighted by Crippen LogP contribution is -2.09. The smallest absolute Gasteiger partial charge is 0.340 e. The van der Waals surface area contributed by atoms with Crippen LogP contribution < -0.4 is 5.32 Å². The van der Waals surface area contributed by atoms with E-state index in [0.29, 0.717) is 28.4 Å². The molecular weight excluding hydrogens is 335 g/mol. The molecule has 26 heavy (non-hydrogen) atoms. The van der Waals surface area contributed by atoms with Gasteiger partial charge in [-0.2, -0.15) is 5.10 Å². The summed E-state index contributed by atoms with van der Waals surface area (Å²) in [6, 6.07) is 6.43. The van der Waals surface area contributed by atoms with Gasteiger partial charge in [0.2, 0.25) is 0 Å². The van der Waals surface area contributed by atoms with E-state index in [9.17, 15) is 9.18 Å². The molecule has 0 radical (unpaired) electrons. The predicted molar refractivity (Wildman–Crippen MR) is 96.0 cm³/mol. The maximum Gasteiger partial charge on any atom is 0.340 e. The highest BCUT2D eigenvalue weighted by Gasteiger charge is 2.31. The zero-order chi connectivity index (χ0) is 18.3. The van der Waals surface area contributed by atoms with Gasteiger partial charge in [0.05, 0.1) is 36.1 Å². The van der Waals surface area contributed by atoms with Crippen LogP contribution >= 0.6 is 0 Å². The number of hydrogen-bond donors (Lipinski definition) is 1. The lowest BCUT2D eigenvalue weighted by atomic mass is 10.2. The summed E-state index contributed by atoms with van der Waals surface area (Å²) in [5, 5.41) is 8.47. The molecule has 0 spiro atoms. The number of fused-ring (bicyclic) bond motifs is 1. The molecule has 1 N–H and O–H groups in total. The van der Waals surface area contributed by atoms with Crippen molar-refractivity contribution in [1.82, 2.24) is 14.8 Å². The van der Waals surface area contributed by atoms with Gasteiger partial charge in [0, 0.05) is 11.6 Å². The Morgan fingerprint density at radius 3 is 2.92 bits per heavy atom. The Bertz CT molecular complexity index is 981. The lowest BCUT2D eigenvalue weighted by molar-refractivity contribution is 0.0602. The molecule has 1 unspecified atom stereocenters. The third-order valence-corrected chi connectivity index (χ3v) is 4.84. The summed E-state index contributed by atoms with van der Waals surface area (Å²) in [6.45, 7) is 2.13. The molecular formula is C19H19FN4O2. The minimum atomic E-state index is -0.476. The van der Waals surface area contributed by atoms with Crippen molar-refractivity contribution < 1.29 is 13.9 Å². The summed E-state index contributed by atoms with van der Waals surface area (Å²) >= 11 is 0. The first-order valence-corrected chi connectivity index (χ1v) is 8.55. The normalized spacial score (nSPS) is 15.0. The maximum atomic E-state index is 13.8. The minimum absolute atomic E-state index is 0.229. The number of carbonyl (C=O) groups is 1. The second kappa shape index (κ2) is 6.40. The largest absolute Gasteiger partial charge is 0.465 e. The van der Waals surface area contributed by atoms with Crippen LogP contribution in [-0.4, -0.2) is 27.8 Å². The molecule has 4 rings (SSSR count). The van der Waals surface area contributed by atoms with Crippen LogP contribution in [0.2, 0.25) is 0 Å². The Labute approximate surface area is 150 Å². The van der Waals surface area contributed by atoms with Gasteiger partial charge in [0.1, 0.15) is 5.82 Å². The van der Waals surface area contributed by atoms with Gasteiger partial charge in [-0.25, -0.2) is 9.18 Å². The topological polar surface area (TPSA) is 69.0 Å². The third kappa shape index (κ3) is 2.89. The number of nitrogens with zero attached hydrogens (tertiary/aromatic N) is 3. The molecule has 1 atom stereocenters. The minimum Gasteiger partial charge on any atom is -0.465 e. The van der Waals surface area contributed by atoms with Crippen LogP contribution in [0.25, 0.3) is 10.9 Å². The van der Waals surface area contributed by atoms with E-state index in [2.05, 4.69) is 22.3 Å². The Morgan fingerprint density at radius 1 is 1.38 bits per heavy atom. The standard InChI is InChI=1S/C19H19FN4O2/c1-11(12-3-4-12)24-17-6-5-13(20)9-15(17)18(23-24)22-16-10-21-8-7-14(16)19(25)26-2/h5-12H,3-4H2,1-2H3,(H,22,23). The average molecular weight is 354 g/mol. The lowest BCUT2D eigenvalue weighted by Gasteiger charge is -2.12. The molecule has 0 amide bonds. The second-order valence-corrected chi connectivity index (χ2v) is 6.57. The highest BCUT2D eigenvalue weighted by Crippen LogP contribution is 2.41. The monoisotopic (exact) mass is 354 g/mol. The fourth-order valence-electron chi connectivity index (χ4n) is 3.20. The zero-order valence-electron chi connectivity index (χ0n) is 14.6. The molecule has 1 aromatic carbocycles. The molecule has 1 aliphatic rings. The van der Waals surface area contributed by atoms with Crippen molar-refractivity contribution in [1.29, 1.82) is 0 Å². The number of nitrogens with one attached hydrogen (secondary N) is 1. The number of halogens is 1. The number of hydrogen-bond acceptors (Lipinski definition) is 5. The second-order valence-electron chi connectivity index (χ2n) is 6.57. The number of anilines is 2. The summed E-state index contributed by atoms with van der Waals surface area (Å²) in [7, 11) is 1.32. The Hall–Kier alpha value is -2.96. The molecule has 6 nitrogen and oxygen atoms in total. The number of pyridine rings is 1. The van der Waals surface area contributed by atoms with Crippen molar-refractivity contribution in [3.8, 4) is 0 Å². The summed E-state index contributed by atoms with van der Waals surface area (Å²) < 4.78 is 20.6. The van der Waals surface area contributed by atoms with Gasteiger partial charge in [-0.3, -0.25) is 9.67 Å². The van der Waals surface area contributed by atoms with Crippen LogP contribution in [0, 0.1) is 11.7 Å². The molecule has 1 fully saturated rings. The molecule has 0 saturated heterocycles. The molecule has 2 aromatic heterocycles. The van der Waals surface area contributed by atoms with E-state index in [1.807, 2.05) is 4.68 Å². The van der Waals surface area contributed by atoms with Gasteiger partial charge >= 0.3 is 5.97 Å². The summed E-state index contributed by atoms with van der Waals surface area (Å²) in [4.78, 5) is 16.0. The fourth-order valence-corrected chi connectivity index (χ4v) is 3.20. The highest BCUT2D eigenvalue weighted by atomic mass is 19.1.